The summed E-state index contributed by atoms with van der Waals surface area (Å²) in [5, 5.41) is 3.00. The predicted octanol–water partition coefficient (Wildman–Crippen LogP) is 4.22. The fourth-order valence-corrected chi connectivity index (χ4v) is 3.06. The summed E-state index contributed by atoms with van der Waals surface area (Å²) in [7, 11) is 0. The Balaban J connectivity index is 1.61. The van der Waals surface area contributed by atoms with Crippen LogP contribution >= 0.6 is 11.3 Å². The maximum atomic E-state index is 13.8. The van der Waals surface area contributed by atoms with Crippen molar-refractivity contribution in [2.75, 3.05) is 6.61 Å². The van der Waals surface area contributed by atoms with Crippen molar-refractivity contribution in [3.8, 4) is 16.5 Å². The van der Waals surface area contributed by atoms with Crippen molar-refractivity contribution >= 4 is 17.2 Å². The second-order valence-corrected chi connectivity index (χ2v) is 6.63. The molecule has 1 aromatic carbocycles. The smallest absolute Gasteiger partial charge is 0.422 e. The molecule has 146 valence electrons. The van der Waals surface area contributed by atoms with E-state index in [0.29, 0.717) is 16.1 Å². The number of benzene rings is 1. The Morgan fingerprint density at radius 3 is 2.71 bits per heavy atom. The molecule has 0 bridgehead atoms. The number of nitrogens with zero attached hydrogens (tertiary/aromatic N) is 2. The van der Waals surface area contributed by atoms with Gasteiger partial charge in [-0.3, -0.25) is 4.79 Å². The van der Waals surface area contributed by atoms with Crippen molar-refractivity contribution in [3.63, 3.8) is 0 Å². The molecule has 1 N–H and O–H groups in total. The van der Waals surface area contributed by atoms with Crippen LogP contribution in [-0.4, -0.2) is 28.7 Å². The van der Waals surface area contributed by atoms with Crippen LogP contribution in [-0.2, 0) is 6.54 Å². The van der Waals surface area contributed by atoms with Crippen molar-refractivity contribution in [1.82, 2.24) is 15.3 Å². The molecule has 0 saturated carbocycles. The van der Waals surface area contributed by atoms with Gasteiger partial charge in [0.15, 0.2) is 6.61 Å². The minimum Gasteiger partial charge on any atom is -0.468 e. The second-order valence-electron chi connectivity index (χ2n) is 5.60. The third kappa shape index (κ3) is 5.26. The molecule has 0 saturated heterocycles. The van der Waals surface area contributed by atoms with Crippen molar-refractivity contribution in [2.24, 2.45) is 0 Å². The molecule has 0 spiro atoms. The first kappa shape index (κ1) is 19.7. The summed E-state index contributed by atoms with van der Waals surface area (Å²) in [5.74, 6) is -1.06. The molecule has 0 unspecified atom stereocenters. The molecule has 2 aromatic heterocycles. The number of nitrogens with one attached hydrogen (secondary N) is 1. The number of thiazole rings is 1. The zero-order valence-corrected chi connectivity index (χ0v) is 15.0. The molecule has 1 amide bonds. The molecule has 0 aliphatic rings. The number of halogens is 4. The molecule has 0 aliphatic carbocycles. The van der Waals surface area contributed by atoms with E-state index < -0.39 is 24.5 Å². The van der Waals surface area contributed by atoms with Crippen LogP contribution in [0.2, 0.25) is 0 Å². The second kappa shape index (κ2) is 8.34. The van der Waals surface area contributed by atoms with Crippen LogP contribution in [0.1, 0.15) is 15.2 Å². The van der Waals surface area contributed by atoms with Gasteiger partial charge < -0.3 is 10.1 Å². The first-order valence-corrected chi connectivity index (χ1v) is 8.77. The summed E-state index contributed by atoms with van der Waals surface area (Å²) in [5.41, 5.74) is 0.812. The Labute approximate surface area is 161 Å². The standard InChI is InChI=1S/C18H13F4N3O2S/c19-13-4-2-1-3-12(13)17-25-9-14(28-17)16(26)24-8-11-5-6-23-15(7-11)27-10-18(20,21)22/h1-7,9H,8,10H2,(H,24,26). The molecule has 0 aliphatic heterocycles. The van der Waals surface area contributed by atoms with E-state index in [9.17, 15) is 22.4 Å². The highest BCUT2D eigenvalue weighted by Crippen LogP contribution is 2.27. The van der Waals surface area contributed by atoms with E-state index in [1.807, 2.05) is 0 Å². The summed E-state index contributed by atoms with van der Waals surface area (Å²) in [6, 6.07) is 8.94. The summed E-state index contributed by atoms with van der Waals surface area (Å²) in [6.07, 6.45) is -1.84. The van der Waals surface area contributed by atoms with E-state index in [0.717, 1.165) is 11.3 Å². The third-order valence-corrected chi connectivity index (χ3v) is 4.50. The molecular formula is C18H13F4N3O2S. The average molecular weight is 411 g/mol. The number of aromatic nitrogens is 2. The Hall–Kier alpha value is -3.01. The number of pyridine rings is 1. The molecule has 0 radical (unpaired) electrons. The Morgan fingerprint density at radius 1 is 1.18 bits per heavy atom. The first-order chi connectivity index (χ1) is 13.3. The van der Waals surface area contributed by atoms with E-state index >= 15 is 0 Å². The zero-order chi connectivity index (χ0) is 20.1. The maximum Gasteiger partial charge on any atom is 0.422 e. The van der Waals surface area contributed by atoms with Gasteiger partial charge in [0.25, 0.3) is 5.91 Å². The fraction of sp³-hybridized carbons (Fsp3) is 0.167. The van der Waals surface area contributed by atoms with Gasteiger partial charge in [-0.05, 0) is 23.8 Å². The number of amides is 1. The SMILES string of the molecule is O=C(NCc1ccnc(OCC(F)(F)F)c1)c1cnc(-c2ccccc2F)s1. The number of carbonyl (C=O) groups is 1. The van der Waals surface area contributed by atoms with Crippen molar-refractivity contribution < 1.29 is 27.1 Å². The number of ether oxygens (including phenoxy) is 1. The number of alkyl halides is 3. The number of hydrogen-bond donors (Lipinski definition) is 1. The first-order valence-electron chi connectivity index (χ1n) is 7.95. The zero-order valence-electron chi connectivity index (χ0n) is 14.2. The number of carbonyl (C=O) groups excluding carboxylic acids is 1. The minimum atomic E-state index is -4.46. The van der Waals surface area contributed by atoms with Crippen LogP contribution in [0.5, 0.6) is 5.88 Å². The Morgan fingerprint density at radius 2 is 1.96 bits per heavy atom. The van der Waals surface area contributed by atoms with Crippen molar-refractivity contribution in [1.29, 1.82) is 0 Å². The largest absolute Gasteiger partial charge is 0.468 e. The molecule has 0 atom stereocenters. The molecule has 2 heterocycles. The molecule has 0 fully saturated rings. The van der Waals surface area contributed by atoms with Crippen molar-refractivity contribution in [2.45, 2.75) is 12.7 Å². The Kier molecular flexibility index (Phi) is 5.88. The van der Waals surface area contributed by atoms with Crippen LogP contribution in [0.3, 0.4) is 0 Å². The van der Waals surface area contributed by atoms with Crippen LogP contribution in [0.4, 0.5) is 17.6 Å². The van der Waals surface area contributed by atoms with Gasteiger partial charge in [-0.1, -0.05) is 12.1 Å². The van der Waals surface area contributed by atoms with Gasteiger partial charge in [0.1, 0.15) is 15.7 Å². The van der Waals surface area contributed by atoms with Gasteiger partial charge in [-0.2, -0.15) is 13.2 Å². The molecule has 3 rings (SSSR count). The predicted molar refractivity (Wildman–Crippen MR) is 94.5 cm³/mol. The third-order valence-electron chi connectivity index (χ3n) is 3.47. The normalized spacial score (nSPS) is 11.3. The van der Waals surface area contributed by atoms with Gasteiger partial charge >= 0.3 is 6.18 Å². The van der Waals surface area contributed by atoms with E-state index in [-0.39, 0.29) is 17.3 Å². The van der Waals surface area contributed by atoms with Crippen molar-refractivity contribution in [3.05, 3.63) is 65.0 Å². The quantitative estimate of drug-likeness (QED) is 0.617. The van der Waals surface area contributed by atoms with Gasteiger partial charge in [-0.15, -0.1) is 11.3 Å². The summed E-state index contributed by atoms with van der Waals surface area (Å²) in [4.78, 5) is 20.3. The number of rotatable bonds is 6. The molecule has 5 nitrogen and oxygen atoms in total. The van der Waals surface area contributed by atoms with Crippen LogP contribution in [0.15, 0.2) is 48.8 Å². The fourth-order valence-electron chi connectivity index (χ4n) is 2.20. The van der Waals surface area contributed by atoms with Crippen LogP contribution in [0.25, 0.3) is 10.6 Å². The van der Waals surface area contributed by atoms with Gasteiger partial charge in [-0.25, -0.2) is 14.4 Å². The Bertz CT molecular complexity index is 975. The molecular weight excluding hydrogens is 398 g/mol. The van der Waals surface area contributed by atoms with Gasteiger partial charge in [0.2, 0.25) is 5.88 Å². The number of hydrogen-bond acceptors (Lipinski definition) is 5. The maximum absolute atomic E-state index is 13.8. The van der Waals surface area contributed by atoms with Crippen LogP contribution in [0, 0.1) is 5.82 Å². The molecule has 28 heavy (non-hydrogen) atoms. The topological polar surface area (TPSA) is 64.1 Å². The lowest BCUT2D eigenvalue weighted by Crippen LogP contribution is -2.22. The van der Waals surface area contributed by atoms with E-state index in [4.69, 9.17) is 0 Å². The van der Waals surface area contributed by atoms with Gasteiger partial charge in [0.05, 0.1) is 6.20 Å². The lowest BCUT2D eigenvalue weighted by molar-refractivity contribution is -0.154. The van der Waals surface area contributed by atoms with E-state index in [1.54, 1.807) is 18.2 Å². The highest BCUT2D eigenvalue weighted by atomic mass is 32.1. The van der Waals surface area contributed by atoms with E-state index in [1.165, 1.54) is 30.6 Å². The lowest BCUT2D eigenvalue weighted by atomic mass is 10.2. The van der Waals surface area contributed by atoms with E-state index in [2.05, 4.69) is 20.0 Å². The highest BCUT2D eigenvalue weighted by molar-refractivity contribution is 7.16. The monoisotopic (exact) mass is 411 g/mol. The van der Waals surface area contributed by atoms with Crippen LogP contribution < -0.4 is 10.1 Å². The average Bonchev–Trinajstić information content (AvgIpc) is 3.15. The molecule has 3 aromatic rings. The lowest BCUT2D eigenvalue weighted by Gasteiger charge is -2.09. The van der Waals surface area contributed by atoms with Gasteiger partial charge in [0, 0.05) is 24.4 Å². The highest BCUT2D eigenvalue weighted by Gasteiger charge is 2.28. The summed E-state index contributed by atoms with van der Waals surface area (Å²) < 4.78 is 55.0. The summed E-state index contributed by atoms with van der Waals surface area (Å²) in [6.45, 7) is -1.40. The molecule has 10 heteroatoms. The minimum absolute atomic E-state index is 0.0522. The summed E-state index contributed by atoms with van der Waals surface area (Å²) >= 11 is 1.03.